The van der Waals surface area contributed by atoms with Crippen molar-refractivity contribution in [1.29, 1.82) is 0 Å². The van der Waals surface area contributed by atoms with Crippen LogP contribution in [0, 0.1) is 12.7 Å². The zero-order chi connectivity index (χ0) is 17.4. The number of halogens is 1. The summed E-state index contributed by atoms with van der Waals surface area (Å²) in [6.07, 6.45) is 3.08. The fourth-order valence-electron chi connectivity index (χ4n) is 1.90. The van der Waals surface area contributed by atoms with Gasteiger partial charge in [0.15, 0.2) is 5.65 Å². The molecular formula is C18H24FN3O. The van der Waals surface area contributed by atoms with E-state index in [-0.39, 0.29) is 5.75 Å². The Morgan fingerprint density at radius 2 is 1.78 bits per heavy atom. The van der Waals surface area contributed by atoms with E-state index in [1.165, 1.54) is 24.6 Å². The maximum atomic E-state index is 13.2. The van der Waals surface area contributed by atoms with Crippen molar-refractivity contribution in [2.75, 3.05) is 0 Å². The Balaban J connectivity index is 0.000000477. The summed E-state index contributed by atoms with van der Waals surface area (Å²) in [4.78, 5) is 2.98. The number of rotatable bonds is 1. The molecule has 1 aromatic carbocycles. The first kappa shape index (κ1) is 18.6. The summed E-state index contributed by atoms with van der Waals surface area (Å²) in [5.74, 6) is -0.436. The number of nitrogens with zero attached hydrogens (tertiary/aromatic N) is 2. The Labute approximate surface area is 136 Å². The normalized spacial score (nSPS) is 9.65. The first-order valence-electron chi connectivity index (χ1n) is 7.87. The number of benzene rings is 1. The largest absolute Gasteiger partial charge is 0.507 e. The van der Waals surface area contributed by atoms with E-state index in [1.54, 1.807) is 6.07 Å². The maximum Gasteiger partial charge on any atom is 0.160 e. The monoisotopic (exact) mass is 317 g/mol. The average Bonchev–Trinajstić information content (AvgIpc) is 2.93. The van der Waals surface area contributed by atoms with E-state index in [0.29, 0.717) is 16.9 Å². The topological polar surface area (TPSA) is 61.8 Å². The Bertz CT molecular complexity index is 753. The van der Waals surface area contributed by atoms with Crippen LogP contribution in [0.4, 0.5) is 4.39 Å². The van der Waals surface area contributed by atoms with Crippen LogP contribution < -0.4 is 0 Å². The Morgan fingerprint density at radius 3 is 2.43 bits per heavy atom. The lowest BCUT2D eigenvalue weighted by Gasteiger charge is -2.03. The van der Waals surface area contributed by atoms with Gasteiger partial charge in [-0.05, 0) is 36.8 Å². The molecule has 0 spiro atoms. The van der Waals surface area contributed by atoms with Gasteiger partial charge in [0.2, 0.25) is 0 Å². The number of aromatic amines is 1. The third-order valence-corrected chi connectivity index (χ3v) is 2.88. The van der Waals surface area contributed by atoms with Gasteiger partial charge in [0, 0.05) is 17.1 Å². The van der Waals surface area contributed by atoms with Gasteiger partial charge < -0.3 is 10.1 Å². The van der Waals surface area contributed by atoms with Gasteiger partial charge in [-0.25, -0.2) is 4.39 Å². The zero-order valence-corrected chi connectivity index (χ0v) is 14.3. The van der Waals surface area contributed by atoms with Crippen LogP contribution in [0.25, 0.3) is 22.3 Å². The van der Waals surface area contributed by atoms with Gasteiger partial charge in [-0.1, -0.05) is 34.1 Å². The second kappa shape index (κ2) is 8.88. The van der Waals surface area contributed by atoms with Gasteiger partial charge in [0.1, 0.15) is 11.6 Å². The van der Waals surface area contributed by atoms with E-state index < -0.39 is 5.82 Å². The molecule has 5 heteroatoms. The number of hydrogen-bond donors (Lipinski definition) is 2. The van der Waals surface area contributed by atoms with Gasteiger partial charge in [-0.15, -0.1) is 10.2 Å². The lowest BCUT2D eigenvalue weighted by atomic mass is 10.1. The number of nitrogens with one attached hydrogen (secondary N) is 1. The molecule has 0 unspecified atom stereocenters. The van der Waals surface area contributed by atoms with Crippen LogP contribution in [0.5, 0.6) is 5.75 Å². The molecule has 0 saturated heterocycles. The lowest BCUT2D eigenvalue weighted by Crippen LogP contribution is -1.90. The third-order valence-electron chi connectivity index (χ3n) is 2.88. The predicted molar refractivity (Wildman–Crippen MR) is 93.0 cm³/mol. The van der Waals surface area contributed by atoms with E-state index in [0.717, 1.165) is 10.9 Å². The summed E-state index contributed by atoms with van der Waals surface area (Å²) in [6, 6.07) is 5.53. The first-order valence-corrected chi connectivity index (χ1v) is 7.87. The number of fused-ring (bicyclic) bond motifs is 1. The lowest BCUT2D eigenvalue weighted by molar-refractivity contribution is 0.475. The van der Waals surface area contributed by atoms with Crippen LogP contribution in [0.15, 0.2) is 30.5 Å². The summed E-state index contributed by atoms with van der Waals surface area (Å²) in [5.41, 5.74) is 2.48. The second-order valence-electron chi connectivity index (χ2n) is 4.83. The number of aromatic hydroxyl groups is 1. The van der Waals surface area contributed by atoms with Crippen LogP contribution in [0.2, 0.25) is 0 Å². The molecule has 2 aromatic heterocycles. The number of phenols is 1. The van der Waals surface area contributed by atoms with Crippen molar-refractivity contribution < 1.29 is 9.50 Å². The van der Waals surface area contributed by atoms with Crippen molar-refractivity contribution in [2.24, 2.45) is 0 Å². The molecule has 2 heterocycles. The minimum Gasteiger partial charge on any atom is -0.507 e. The van der Waals surface area contributed by atoms with E-state index in [2.05, 4.69) is 29.0 Å². The summed E-state index contributed by atoms with van der Waals surface area (Å²) in [7, 11) is 0. The molecule has 0 aliphatic carbocycles. The predicted octanol–water partition coefficient (Wildman–Crippen LogP) is 5.22. The minimum atomic E-state index is -0.421. The molecule has 3 aromatic rings. The quantitative estimate of drug-likeness (QED) is 0.646. The Hall–Kier alpha value is -2.43. The van der Waals surface area contributed by atoms with Crippen molar-refractivity contribution in [3.63, 3.8) is 0 Å². The molecule has 0 bridgehead atoms. The molecule has 0 saturated carbocycles. The van der Waals surface area contributed by atoms with Crippen LogP contribution in [0.3, 0.4) is 0 Å². The number of hydrogen-bond acceptors (Lipinski definition) is 3. The van der Waals surface area contributed by atoms with Gasteiger partial charge in [-0.2, -0.15) is 0 Å². The second-order valence-corrected chi connectivity index (χ2v) is 4.83. The molecule has 0 aliphatic rings. The summed E-state index contributed by atoms with van der Waals surface area (Å²) < 4.78 is 13.2. The van der Waals surface area contributed by atoms with E-state index >= 15 is 0 Å². The highest BCUT2D eigenvalue weighted by atomic mass is 19.1. The van der Waals surface area contributed by atoms with Gasteiger partial charge in [0.25, 0.3) is 0 Å². The van der Waals surface area contributed by atoms with Crippen LogP contribution in [-0.2, 0) is 0 Å². The van der Waals surface area contributed by atoms with Crippen LogP contribution in [-0.4, -0.2) is 20.3 Å². The van der Waals surface area contributed by atoms with Crippen LogP contribution >= 0.6 is 0 Å². The molecule has 4 nitrogen and oxygen atoms in total. The maximum absolute atomic E-state index is 13.2. The fourth-order valence-corrected chi connectivity index (χ4v) is 1.90. The number of H-pyrrole nitrogens is 1. The number of aryl methyl sites for hydroxylation is 1. The van der Waals surface area contributed by atoms with Crippen molar-refractivity contribution in [3.05, 3.63) is 41.8 Å². The SMILES string of the molecule is CC.CCC.Cc1c[nH]c2nnc(-c3cc(F)ccc3O)cc12. The molecule has 23 heavy (non-hydrogen) atoms. The molecule has 3 rings (SSSR count). The molecule has 124 valence electrons. The summed E-state index contributed by atoms with van der Waals surface area (Å²) in [6.45, 7) is 10.2. The van der Waals surface area contributed by atoms with Crippen molar-refractivity contribution in [2.45, 2.75) is 41.0 Å². The van der Waals surface area contributed by atoms with Gasteiger partial charge >= 0.3 is 0 Å². The highest BCUT2D eigenvalue weighted by Gasteiger charge is 2.10. The van der Waals surface area contributed by atoms with Crippen LogP contribution in [0.1, 0.15) is 39.7 Å². The average molecular weight is 317 g/mol. The number of phenolic OH excluding ortho intramolecular Hbond substituents is 1. The molecule has 0 atom stereocenters. The summed E-state index contributed by atoms with van der Waals surface area (Å²) in [5, 5.41) is 18.6. The highest BCUT2D eigenvalue weighted by molar-refractivity contribution is 5.83. The standard InChI is InChI=1S/C13H10FN3O.C3H8.C2H6/c1-7-6-15-13-9(7)5-11(16-17-13)10-4-8(14)2-3-12(10)18;1-3-2;1-2/h2-6,18H,1H3,(H,15,17);3H2,1-2H3;1-2H3. The van der Waals surface area contributed by atoms with Gasteiger partial charge in [0.05, 0.1) is 5.69 Å². The van der Waals surface area contributed by atoms with E-state index in [4.69, 9.17) is 0 Å². The highest BCUT2D eigenvalue weighted by Crippen LogP contribution is 2.29. The molecule has 2 N–H and O–H groups in total. The molecule has 0 fully saturated rings. The van der Waals surface area contributed by atoms with E-state index in [9.17, 15) is 9.50 Å². The third kappa shape index (κ3) is 4.52. The van der Waals surface area contributed by atoms with Crippen molar-refractivity contribution in [1.82, 2.24) is 15.2 Å². The molecular weight excluding hydrogens is 293 g/mol. The van der Waals surface area contributed by atoms with E-state index in [1.807, 2.05) is 27.0 Å². The first-order chi connectivity index (χ1) is 11.1. The van der Waals surface area contributed by atoms with Crippen molar-refractivity contribution >= 4 is 11.0 Å². The smallest absolute Gasteiger partial charge is 0.160 e. The zero-order valence-electron chi connectivity index (χ0n) is 14.3. The molecule has 0 aliphatic heterocycles. The minimum absolute atomic E-state index is 0.0155. The Kier molecular flexibility index (Phi) is 7.19. The molecule has 0 amide bonds. The Morgan fingerprint density at radius 1 is 1.13 bits per heavy atom. The fraction of sp³-hybridized carbons (Fsp3) is 0.333. The molecule has 0 radical (unpaired) electrons. The van der Waals surface area contributed by atoms with Gasteiger partial charge in [-0.3, -0.25) is 0 Å². The number of aromatic nitrogens is 3. The summed E-state index contributed by atoms with van der Waals surface area (Å²) >= 11 is 0. The van der Waals surface area contributed by atoms with Crippen molar-refractivity contribution in [3.8, 4) is 17.0 Å².